The Morgan fingerprint density at radius 1 is 1.00 bits per heavy atom. The SMILES string of the molecule is Cc1nc2nc(N3C[C@@H](C)O[C@@H](c4cnn(C5CC5)c4)C3)nc(C34CC(C(F)(F)F)(C3)C4)c2cc1C(F)(F)F. The summed E-state index contributed by atoms with van der Waals surface area (Å²) in [5.74, 6) is 0.240. The van der Waals surface area contributed by atoms with E-state index in [0.29, 0.717) is 19.1 Å². The van der Waals surface area contributed by atoms with Crippen LogP contribution in [0.2, 0.25) is 0 Å². The summed E-state index contributed by atoms with van der Waals surface area (Å²) < 4.78 is 90.3. The Bertz CT molecular complexity index is 1460. The number of ether oxygens (including phenoxy) is 1. The third-order valence-corrected chi connectivity index (χ3v) is 8.76. The molecule has 7 nitrogen and oxygen atoms in total. The van der Waals surface area contributed by atoms with E-state index in [4.69, 9.17) is 9.72 Å². The van der Waals surface area contributed by atoms with Crippen LogP contribution in [0.3, 0.4) is 0 Å². The number of anilines is 1. The van der Waals surface area contributed by atoms with E-state index in [9.17, 15) is 26.3 Å². The molecule has 4 heterocycles. The molecule has 3 aromatic heterocycles. The Morgan fingerprint density at radius 2 is 1.72 bits per heavy atom. The van der Waals surface area contributed by atoms with Gasteiger partial charge in [-0.25, -0.2) is 9.97 Å². The smallest absolute Gasteiger partial charge is 0.367 e. The molecule has 13 heteroatoms. The monoisotopic (exact) mass is 552 g/mol. The van der Waals surface area contributed by atoms with E-state index in [1.807, 2.05) is 22.7 Å². The van der Waals surface area contributed by atoms with Crippen molar-refractivity contribution < 1.29 is 31.1 Å². The summed E-state index contributed by atoms with van der Waals surface area (Å²) in [5.41, 5.74) is -2.71. The summed E-state index contributed by atoms with van der Waals surface area (Å²) in [6.07, 6.45) is -4.23. The number of hydrogen-bond acceptors (Lipinski definition) is 6. The van der Waals surface area contributed by atoms with Gasteiger partial charge in [0.2, 0.25) is 5.95 Å². The van der Waals surface area contributed by atoms with Crippen molar-refractivity contribution in [2.75, 3.05) is 18.0 Å². The molecule has 0 spiro atoms. The maximum absolute atomic E-state index is 13.7. The van der Waals surface area contributed by atoms with Crippen LogP contribution < -0.4 is 4.90 Å². The van der Waals surface area contributed by atoms with Crippen molar-refractivity contribution in [3.05, 3.63) is 41.0 Å². The molecule has 39 heavy (non-hydrogen) atoms. The van der Waals surface area contributed by atoms with Crippen molar-refractivity contribution in [3.8, 4) is 0 Å². The molecule has 2 atom stereocenters. The zero-order chi connectivity index (χ0) is 27.5. The number of aryl methyl sites for hydroxylation is 1. The number of pyridine rings is 1. The fourth-order valence-electron chi connectivity index (χ4n) is 6.66. The van der Waals surface area contributed by atoms with Gasteiger partial charge in [-0.3, -0.25) is 4.68 Å². The molecule has 1 saturated heterocycles. The summed E-state index contributed by atoms with van der Waals surface area (Å²) in [4.78, 5) is 15.3. The van der Waals surface area contributed by atoms with Crippen LogP contribution in [0.1, 0.15) is 73.7 Å². The molecule has 208 valence electrons. The summed E-state index contributed by atoms with van der Waals surface area (Å²) in [6, 6.07) is 1.36. The van der Waals surface area contributed by atoms with E-state index in [1.165, 1.54) is 6.92 Å². The second kappa shape index (κ2) is 7.82. The molecule has 0 radical (unpaired) electrons. The van der Waals surface area contributed by atoms with E-state index >= 15 is 0 Å². The number of rotatable bonds is 4. The summed E-state index contributed by atoms with van der Waals surface area (Å²) in [7, 11) is 0. The van der Waals surface area contributed by atoms with E-state index in [0.717, 1.165) is 24.5 Å². The zero-order valence-electron chi connectivity index (χ0n) is 21.3. The molecule has 8 rings (SSSR count). The number of fused-ring (bicyclic) bond motifs is 1. The van der Waals surface area contributed by atoms with E-state index < -0.39 is 28.7 Å². The number of nitrogens with zero attached hydrogens (tertiary/aromatic N) is 6. The quantitative estimate of drug-likeness (QED) is 0.379. The molecule has 4 saturated carbocycles. The van der Waals surface area contributed by atoms with Crippen LogP contribution in [0, 0.1) is 12.3 Å². The average Bonchev–Trinajstić information content (AvgIpc) is 3.50. The Hall–Kier alpha value is -2.96. The molecule has 0 N–H and O–H groups in total. The molecule has 5 aliphatic rings. The zero-order valence-corrected chi connectivity index (χ0v) is 21.3. The van der Waals surface area contributed by atoms with Crippen molar-refractivity contribution in [2.45, 2.75) is 82.0 Å². The van der Waals surface area contributed by atoms with Crippen molar-refractivity contribution >= 4 is 17.0 Å². The predicted molar refractivity (Wildman–Crippen MR) is 127 cm³/mol. The number of hydrogen-bond donors (Lipinski definition) is 0. The third kappa shape index (κ3) is 3.82. The highest BCUT2D eigenvalue weighted by Gasteiger charge is 2.79. The van der Waals surface area contributed by atoms with Gasteiger partial charge in [0, 0.05) is 29.1 Å². The van der Waals surface area contributed by atoms with Gasteiger partial charge in [0.05, 0.1) is 47.3 Å². The van der Waals surface area contributed by atoms with Gasteiger partial charge >= 0.3 is 12.4 Å². The number of morpholine rings is 1. The number of alkyl halides is 6. The van der Waals surface area contributed by atoms with Gasteiger partial charge < -0.3 is 9.64 Å². The summed E-state index contributed by atoms with van der Waals surface area (Å²) in [6.45, 7) is 3.94. The van der Waals surface area contributed by atoms with Crippen LogP contribution >= 0.6 is 0 Å². The summed E-state index contributed by atoms with van der Waals surface area (Å²) in [5, 5.41) is 4.51. The standard InChI is InChI=1S/C26H26F6N6O/c1-13-7-37(9-19(39-13)15-6-33-38(8-15)16-3-4-16)22-35-20(23-10-24(11-23,12-23)26(30,31)32)17-5-18(25(27,28)29)14(2)34-21(17)36-22/h5-6,8,13,16,19H,3-4,7,9-12H2,1-2H3/t13-,19-,23?,24?/m1/s1. The minimum absolute atomic E-state index is 0.0588. The fourth-order valence-corrected chi connectivity index (χ4v) is 6.66. The lowest BCUT2D eigenvalue weighted by Gasteiger charge is -2.70. The highest BCUT2D eigenvalue weighted by molar-refractivity contribution is 5.82. The number of halogens is 6. The Balaban J connectivity index is 1.29. The second-order valence-corrected chi connectivity index (χ2v) is 11.8. The topological polar surface area (TPSA) is 69.0 Å². The minimum atomic E-state index is -4.66. The first-order valence-corrected chi connectivity index (χ1v) is 13.1. The van der Waals surface area contributed by atoms with E-state index in [-0.39, 0.29) is 59.8 Å². The maximum Gasteiger partial charge on any atom is 0.418 e. The lowest BCUT2D eigenvalue weighted by molar-refractivity contribution is -0.337. The number of aromatic nitrogens is 5. The molecule has 0 amide bonds. The highest BCUT2D eigenvalue weighted by atomic mass is 19.4. The molecule has 2 bridgehead atoms. The Kier molecular flexibility index (Phi) is 5.02. The highest BCUT2D eigenvalue weighted by Crippen LogP contribution is 2.78. The van der Waals surface area contributed by atoms with Gasteiger partial charge in [0.15, 0.2) is 5.65 Å². The molecule has 3 aromatic rings. The molecular weight excluding hydrogens is 526 g/mol. The predicted octanol–water partition coefficient (Wildman–Crippen LogP) is 5.83. The van der Waals surface area contributed by atoms with Crippen LogP contribution in [0.15, 0.2) is 18.5 Å². The molecule has 5 fully saturated rings. The Labute approximate surface area is 219 Å². The van der Waals surface area contributed by atoms with Gasteiger partial charge in [-0.1, -0.05) is 0 Å². The minimum Gasteiger partial charge on any atom is -0.367 e. The maximum atomic E-state index is 13.7. The van der Waals surface area contributed by atoms with Crippen molar-refractivity contribution in [1.29, 1.82) is 0 Å². The molecule has 4 aliphatic carbocycles. The van der Waals surface area contributed by atoms with Crippen molar-refractivity contribution in [3.63, 3.8) is 0 Å². The first kappa shape index (κ1) is 25.0. The lowest BCUT2D eigenvalue weighted by Crippen LogP contribution is -2.70. The first-order valence-electron chi connectivity index (χ1n) is 13.1. The van der Waals surface area contributed by atoms with Crippen LogP contribution in [0.25, 0.3) is 11.0 Å². The average molecular weight is 553 g/mol. The molecule has 0 aromatic carbocycles. The van der Waals surface area contributed by atoms with Gasteiger partial charge in [-0.15, -0.1) is 0 Å². The first-order chi connectivity index (χ1) is 18.3. The van der Waals surface area contributed by atoms with Crippen LogP contribution in [-0.2, 0) is 16.3 Å². The second-order valence-electron chi connectivity index (χ2n) is 11.8. The van der Waals surface area contributed by atoms with Gasteiger partial charge in [-0.05, 0) is 52.0 Å². The van der Waals surface area contributed by atoms with Crippen LogP contribution in [0.5, 0.6) is 0 Å². The van der Waals surface area contributed by atoms with E-state index in [2.05, 4.69) is 15.1 Å². The molecule has 1 aliphatic heterocycles. The van der Waals surface area contributed by atoms with Crippen LogP contribution in [0.4, 0.5) is 32.3 Å². The molecular formula is C26H26F6N6O. The normalized spacial score (nSPS) is 30.8. The van der Waals surface area contributed by atoms with Crippen LogP contribution in [-0.4, -0.2) is 50.1 Å². The lowest BCUT2D eigenvalue weighted by atomic mass is 9.33. The largest absolute Gasteiger partial charge is 0.418 e. The van der Waals surface area contributed by atoms with Gasteiger partial charge in [0.1, 0.15) is 6.10 Å². The van der Waals surface area contributed by atoms with Gasteiger partial charge in [-0.2, -0.15) is 36.4 Å². The fraction of sp³-hybridized carbons (Fsp3) is 0.615. The Morgan fingerprint density at radius 3 is 2.36 bits per heavy atom. The third-order valence-electron chi connectivity index (χ3n) is 8.76. The molecule has 0 unspecified atom stereocenters. The van der Waals surface area contributed by atoms with Crippen molar-refractivity contribution in [2.24, 2.45) is 5.41 Å². The summed E-state index contributed by atoms with van der Waals surface area (Å²) >= 11 is 0. The van der Waals surface area contributed by atoms with Gasteiger partial charge in [0.25, 0.3) is 0 Å². The van der Waals surface area contributed by atoms with Crippen molar-refractivity contribution in [1.82, 2.24) is 24.7 Å². The van der Waals surface area contributed by atoms with E-state index in [1.54, 1.807) is 6.20 Å².